The highest BCUT2D eigenvalue weighted by molar-refractivity contribution is 7.53. The molecule has 4 heteroatoms. The van der Waals surface area contributed by atoms with Crippen molar-refractivity contribution < 1.29 is 14.0 Å². The van der Waals surface area contributed by atoms with E-state index in [2.05, 4.69) is 0 Å². The molecular formula is C14H21O3P. The van der Waals surface area contributed by atoms with Crippen LogP contribution in [0.5, 0.6) is 5.75 Å². The van der Waals surface area contributed by atoms with Crippen LogP contribution in [0.1, 0.15) is 50.5 Å². The van der Waals surface area contributed by atoms with Crippen molar-refractivity contribution in [2.24, 2.45) is 0 Å². The van der Waals surface area contributed by atoms with E-state index < -0.39 is 7.60 Å². The van der Waals surface area contributed by atoms with Crippen LogP contribution in [0, 0.1) is 0 Å². The van der Waals surface area contributed by atoms with Crippen molar-refractivity contribution in [1.82, 2.24) is 0 Å². The topological polar surface area (TPSA) is 46.5 Å². The molecule has 0 amide bonds. The van der Waals surface area contributed by atoms with Gasteiger partial charge in [-0.15, -0.1) is 0 Å². The minimum atomic E-state index is -3.47. The smallest absolute Gasteiger partial charge is 0.376 e. The van der Waals surface area contributed by atoms with E-state index in [1.54, 1.807) is 6.92 Å². The standard InChI is InChI=1S/C14H21O3P/c1-2-18(15,16)17-14-11-7-6-10-13(14)12-8-4-3-5-9-12/h6-7,10-12H,2-5,8-9H2,1H3,(H,15,16). The minimum Gasteiger partial charge on any atom is -0.424 e. The zero-order valence-corrected chi connectivity index (χ0v) is 11.7. The van der Waals surface area contributed by atoms with Gasteiger partial charge in [-0.3, -0.25) is 0 Å². The molecule has 1 N–H and O–H groups in total. The van der Waals surface area contributed by atoms with Crippen molar-refractivity contribution in [2.45, 2.75) is 44.9 Å². The van der Waals surface area contributed by atoms with Crippen molar-refractivity contribution in [3.05, 3.63) is 29.8 Å². The molecule has 0 aliphatic heterocycles. The van der Waals surface area contributed by atoms with Gasteiger partial charge < -0.3 is 9.42 Å². The molecule has 1 saturated carbocycles. The molecule has 0 aromatic heterocycles. The first-order chi connectivity index (χ1) is 8.62. The van der Waals surface area contributed by atoms with Crippen LogP contribution in [0.15, 0.2) is 24.3 Å². The van der Waals surface area contributed by atoms with Gasteiger partial charge in [-0.2, -0.15) is 0 Å². The van der Waals surface area contributed by atoms with E-state index in [0.717, 1.165) is 18.4 Å². The Labute approximate surface area is 109 Å². The molecule has 1 atom stereocenters. The Morgan fingerprint density at radius 3 is 2.61 bits per heavy atom. The summed E-state index contributed by atoms with van der Waals surface area (Å²) in [6, 6.07) is 7.67. The minimum absolute atomic E-state index is 0.145. The lowest BCUT2D eigenvalue weighted by atomic mass is 9.84. The summed E-state index contributed by atoms with van der Waals surface area (Å²) >= 11 is 0. The van der Waals surface area contributed by atoms with E-state index in [0.29, 0.717) is 11.7 Å². The molecular weight excluding hydrogens is 247 g/mol. The lowest BCUT2D eigenvalue weighted by Crippen LogP contribution is -2.07. The third kappa shape index (κ3) is 3.37. The zero-order chi connectivity index (χ0) is 13.0. The Bertz CT molecular complexity index is 438. The van der Waals surface area contributed by atoms with Crippen LogP contribution in [-0.4, -0.2) is 11.1 Å². The molecule has 1 fully saturated rings. The van der Waals surface area contributed by atoms with Crippen molar-refractivity contribution in [2.75, 3.05) is 6.16 Å². The second-order valence-electron chi connectivity index (χ2n) is 4.92. The van der Waals surface area contributed by atoms with Gasteiger partial charge in [0.05, 0.1) is 6.16 Å². The van der Waals surface area contributed by atoms with Crippen molar-refractivity contribution in [1.29, 1.82) is 0 Å². The Morgan fingerprint density at radius 1 is 1.28 bits per heavy atom. The van der Waals surface area contributed by atoms with Gasteiger partial charge in [-0.1, -0.05) is 44.4 Å². The molecule has 0 spiro atoms. The zero-order valence-electron chi connectivity index (χ0n) is 10.8. The van der Waals surface area contributed by atoms with Crippen LogP contribution in [-0.2, 0) is 4.57 Å². The Balaban J connectivity index is 2.22. The summed E-state index contributed by atoms with van der Waals surface area (Å²) in [6.45, 7) is 1.67. The highest BCUT2D eigenvalue weighted by atomic mass is 31.2. The van der Waals surface area contributed by atoms with Crippen LogP contribution in [0.2, 0.25) is 0 Å². The molecule has 1 unspecified atom stereocenters. The number of hydrogen-bond acceptors (Lipinski definition) is 2. The predicted octanol–water partition coefficient (Wildman–Crippen LogP) is 4.32. The van der Waals surface area contributed by atoms with E-state index in [4.69, 9.17) is 4.52 Å². The molecule has 0 bridgehead atoms. The summed E-state index contributed by atoms with van der Waals surface area (Å²) in [4.78, 5) is 9.63. The van der Waals surface area contributed by atoms with E-state index >= 15 is 0 Å². The van der Waals surface area contributed by atoms with Crippen molar-refractivity contribution in [3.63, 3.8) is 0 Å². The number of benzene rings is 1. The van der Waals surface area contributed by atoms with Crippen LogP contribution in [0.3, 0.4) is 0 Å². The lowest BCUT2D eigenvalue weighted by molar-refractivity contribution is 0.373. The van der Waals surface area contributed by atoms with Crippen LogP contribution in [0.4, 0.5) is 0 Å². The molecule has 1 aromatic carbocycles. The third-order valence-electron chi connectivity index (χ3n) is 3.60. The monoisotopic (exact) mass is 268 g/mol. The fourth-order valence-corrected chi connectivity index (χ4v) is 3.14. The molecule has 2 rings (SSSR count). The maximum atomic E-state index is 11.7. The average molecular weight is 268 g/mol. The summed E-state index contributed by atoms with van der Waals surface area (Å²) in [7, 11) is -3.47. The van der Waals surface area contributed by atoms with Gasteiger partial charge in [-0.25, -0.2) is 4.57 Å². The normalized spacial score (nSPS) is 20.3. The predicted molar refractivity (Wildman–Crippen MR) is 73.3 cm³/mol. The van der Waals surface area contributed by atoms with Crippen molar-refractivity contribution >= 4 is 7.60 Å². The van der Waals surface area contributed by atoms with Crippen LogP contribution in [0.25, 0.3) is 0 Å². The second kappa shape index (κ2) is 5.90. The summed E-state index contributed by atoms with van der Waals surface area (Å²) in [5, 5.41) is 0. The molecule has 0 heterocycles. The van der Waals surface area contributed by atoms with Gasteiger partial charge in [0.2, 0.25) is 0 Å². The van der Waals surface area contributed by atoms with Gasteiger partial charge in [0.15, 0.2) is 0 Å². The summed E-state index contributed by atoms with van der Waals surface area (Å²) in [5.74, 6) is 1.07. The number of hydrogen-bond donors (Lipinski definition) is 1. The second-order valence-corrected chi connectivity index (χ2v) is 7.01. The van der Waals surface area contributed by atoms with Crippen LogP contribution >= 0.6 is 7.60 Å². The molecule has 1 aromatic rings. The molecule has 0 radical (unpaired) electrons. The lowest BCUT2D eigenvalue weighted by Gasteiger charge is -2.24. The van der Waals surface area contributed by atoms with E-state index in [9.17, 15) is 9.46 Å². The molecule has 3 nitrogen and oxygen atoms in total. The van der Waals surface area contributed by atoms with E-state index in [-0.39, 0.29) is 6.16 Å². The molecule has 100 valence electrons. The first-order valence-corrected chi connectivity index (χ1v) is 8.49. The van der Waals surface area contributed by atoms with Gasteiger partial charge in [-0.05, 0) is 30.4 Å². The molecule has 1 aliphatic carbocycles. The Morgan fingerprint density at radius 2 is 1.94 bits per heavy atom. The summed E-state index contributed by atoms with van der Waals surface area (Å²) in [5.41, 5.74) is 1.10. The quantitative estimate of drug-likeness (QED) is 0.827. The van der Waals surface area contributed by atoms with Gasteiger partial charge >= 0.3 is 7.60 Å². The number of rotatable bonds is 4. The highest BCUT2D eigenvalue weighted by Gasteiger charge is 2.23. The van der Waals surface area contributed by atoms with Gasteiger partial charge in [0.25, 0.3) is 0 Å². The first kappa shape index (κ1) is 13.6. The number of para-hydroxylation sites is 1. The fraction of sp³-hybridized carbons (Fsp3) is 0.571. The maximum absolute atomic E-state index is 11.7. The van der Waals surface area contributed by atoms with E-state index in [1.807, 2.05) is 24.3 Å². The van der Waals surface area contributed by atoms with E-state index in [1.165, 1.54) is 19.3 Å². The summed E-state index contributed by atoms with van der Waals surface area (Å²) in [6.07, 6.45) is 6.23. The highest BCUT2D eigenvalue weighted by Crippen LogP contribution is 2.46. The largest absolute Gasteiger partial charge is 0.424 e. The summed E-state index contributed by atoms with van der Waals surface area (Å²) < 4.78 is 17.1. The Kier molecular flexibility index (Phi) is 4.47. The molecule has 18 heavy (non-hydrogen) atoms. The average Bonchev–Trinajstić information content (AvgIpc) is 2.40. The van der Waals surface area contributed by atoms with Crippen molar-refractivity contribution in [3.8, 4) is 5.75 Å². The van der Waals surface area contributed by atoms with Gasteiger partial charge in [0, 0.05) is 0 Å². The molecule has 0 saturated heterocycles. The maximum Gasteiger partial charge on any atom is 0.376 e. The van der Waals surface area contributed by atoms with Gasteiger partial charge in [0.1, 0.15) is 5.75 Å². The fourth-order valence-electron chi connectivity index (χ4n) is 2.53. The third-order valence-corrected chi connectivity index (χ3v) is 4.89. The molecule has 1 aliphatic rings. The SMILES string of the molecule is CCP(=O)(O)Oc1ccccc1C1CCCCC1. The van der Waals surface area contributed by atoms with Crippen LogP contribution < -0.4 is 4.52 Å². The Hall–Kier alpha value is -0.790. The first-order valence-electron chi connectivity index (χ1n) is 6.73.